The monoisotopic (exact) mass is 423 g/mol. The maximum Gasteiger partial charge on any atom is 0.217 e. The molecule has 12 heteroatoms. The largest absolute Gasteiger partial charge is 0.394 e. The Hall–Kier alpha value is -1.19. The molecule has 29 heavy (non-hydrogen) atoms. The van der Waals surface area contributed by atoms with Crippen molar-refractivity contribution in [3.8, 4) is 0 Å². The summed E-state index contributed by atoms with van der Waals surface area (Å²) in [6.45, 7) is 3.40. The quantitative estimate of drug-likeness (QED) is 0.188. The standard InChI is InChI=1S/C17H29NO11/c1-3-4-26-17-14(25)15(12(23)9(6-20)28-17)29-16-10(18-7(2)21)13(24)11(22)8(5-19)27-16/h3,8-17,19-20,22-25H,1,4-6H2,2H3,(H,18,21)/t8-,9-,10-,11-,12+,13-,14-,15+,16+,17-/m1/s1. The van der Waals surface area contributed by atoms with E-state index in [0.29, 0.717) is 0 Å². The summed E-state index contributed by atoms with van der Waals surface area (Å²) >= 11 is 0. The van der Waals surface area contributed by atoms with Crippen LogP contribution < -0.4 is 5.32 Å². The van der Waals surface area contributed by atoms with Crippen molar-refractivity contribution >= 4 is 5.91 Å². The smallest absolute Gasteiger partial charge is 0.217 e. The van der Waals surface area contributed by atoms with E-state index < -0.39 is 80.5 Å². The topological polar surface area (TPSA) is 187 Å². The molecule has 0 saturated carbocycles. The number of ether oxygens (including phenoxy) is 4. The molecule has 1 amide bonds. The van der Waals surface area contributed by atoms with E-state index in [1.165, 1.54) is 13.0 Å². The molecule has 2 saturated heterocycles. The Morgan fingerprint density at radius 3 is 2.14 bits per heavy atom. The molecule has 0 aromatic carbocycles. The molecule has 168 valence electrons. The van der Waals surface area contributed by atoms with Crippen LogP contribution >= 0.6 is 0 Å². The molecule has 10 atom stereocenters. The summed E-state index contributed by atoms with van der Waals surface area (Å²) in [5.41, 5.74) is 0. The van der Waals surface area contributed by atoms with Gasteiger partial charge >= 0.3 is 0 Å². The van der Waals surface area contributed by atoms with Crippen LogP contribution in [0.1, 0.15) is 6.92 Å². The zero-order chi connectivity index (χ0) is 21.7. The number of carbonyl (C=O) groups is 1. The number of nitrogens with one attached hydrogen (secondary N) is 1. The van der Waals surface area contributed by atoms with Gasteiger partial charge in [-0.15, -0.1) is 6.58 Å². The van der Waals surface area contributed by atoms with Gasteiger partial charge in [-0.25, -0.2) is 0 Å². The molecule has 0 aromatic heterocycles. The molecule has 0 aliphatic carbocycles. The predicted molar refractivity (Wildman–Crippen MR) is 94.1 cm³/mol. The van der Waals surface area contributed by atoms with Gasteiger partial charge in [-0.2, -0.15) is 0 Å². The highest BCUT2D eigenvalue weighted by molar-refractivity contribution is 5.73. The van der Waals surface area contributed by atoms with Crippen molar-refractivity contribution in [1.82, 2.24) is 5.32 Å². The molecule has 0 aromatic rings. The minimum Gasteiger partial charge on any atom is -0.394 e. The molecule has 2 rings (SSSR count). The van der Waals surface area contributed by atoms with Crippen LogP contribution in [-0.2, 0) is 23.7 Å². The number of rotatable bonds is 8. The molecule has 2 aliphatic heterocycles. The Morgan fingerprint density at radius 1 is 1.00 bits per heavy atom. The lowest BCUT2D eigenvalue weighted by Crippen LogP contribution is -2.67. The molecule has 0 radical (unpaired) electrons. The van der Waals surface area contributed by atoms with E-state index in [-0.39, 0.29) is 6.61 Å². The average molecular weight is 423 g/mol. The van der Waals surface area contributed by atoms with Gasteiger partial charge in [0.05, 0.1) is 19.8 Å². The van der Waals surface area contributed by atoms with Crippen LogP contribution in [0.25, 0.3) is 0 Å². The summed E-state index contributed by atoms with van der Waals surface area (Å²) in [5.74, 6) is -0.561. The third kappa shape index (κ3) is 5.49. The first-order valence-corrected chi connectivity index (χ1v) is 9.15. The molecule has 2 fully saturated rings. The predicted octanol–water partition coefficient (Wildman–Crippen LogP) is -4.04. The average Bonchev–Trinajstić information content (AvgIpc) is 2.69. The Kier molecular flexibility index (Phi) is 8.91. The van der Waals surface area contributed by atoms with Crippen molar-refractivity contribution in [3.63, 3.8) is 0 Å². The normalized spacial score (nSPS) is 43.0. The summed E-state index contributed by atoms with van der Waals surface area (Å²) in [6, 6.07) is -1.27. The van der Waals surface area contributed by atoms with E-state index in [1.54, 1.807) is 0 Å². The fourth-order valence-electron chi connectivity index (χ4n) is 3.26. The van der Waals surface area contributed by atoms with Crippen molar-refractivity contribution < 1.29 is 54.4 Å². The fourth-order valence-corrected chi connectivity index (χ4v) is 3.26. The van der Waals surface area contributed by atoms with Gasteiger partial charge in [0.15, 0.2) is 12.6 Å². The maximum absolute atomic E-state index is 11.5. The van der Waals surface area contributed by atoms with Gasteiger partial charge in [-0.3, -0.25) is 4.79 Å². The summed E-state index contributed by atoms with van der Waals surface area (Å²) < 4.78 is 21.7. The van der Waals surface area contributed by atoms with Crippen LogP contribution in [0, 0.1) is 0 Å². The number of carbonyl (C=O) groups excluding carboxylic acids is 1. The van der Waals surface area contributed by atoms with Gasteiger partial charge in [0, 0.05) is 6.92 Å². The second kappa shape index (κ2) is 10.7. The van der Waals surface area contributed by atoms with Gasteiger partial charge < -0.3 is 54.9 Å². The van der Waals surface area contributed by atoms with Gasteiger partial charge in [0.2, 0.25) is 5.91 Å². The third-order valence-corrected chi connectivity index (χ3v) is 4.74. The molecule has 2 aliphatic rings. The molecular weight excluding hydrogens is 394 g/mol. The summed E-state index contributed by atoms with van der Waals surface area (Å²) in [5, 5.41) is 62.5. The van der Waals surface area contributed by atoms with E-state index in [1.807, 2.05) is 0 Å². The Balaban J connectivity index is 2.24. The molecule has 0 spiro atoms. The van der Waals surface area contributed by atoms with Crippen molar-refractivity contribution in [2.75, 3.05) is 19.8 Å². The highest BCUT2D eigenvalue weighted by atomic mass is 16.7. The second-order valence-corrected chi connectivity index (χ2v) is 6.86. The summed E-state index contributed by atoms with van der Waals surface area (Å²) in [6.07, 6.45) is -11.3. The lowest BCUT2D eigenvalue weighted by atomic mass is 9.95. The van der Waals surface area contributed by atoms with Gasteiger partial charge in [0.25, 0.3) is 0 Å². The molecule has 0 bridgehead atoms. The van der Waals surface area contributed by atoms with Crippen LogP contribution in [-0.4, -0.2) is 118 Å². The number of amides is 1. The number of hydrogen-bond donors (Lipinski definition) is 7. The molecule has 7 N–H and O–H groups in total. The molecule has 12 nitrogen and oxygen atoms in total. The SMILES string of the molecule is C=CCO[C@@H]1O[C@H](CO)[C@H](O)[C@H](O[C@@H]2O[C@H](CO)[C@@H](O)[C@H](O)[C@H]2NC(C)=O)[C@H]1O. The van der Waals surface area contributed by atoms with E-state index in [4.69, 9.17) is 18.9 Å². The van der Waals surface area contributed by atoms with E-state index >= 15 is 0 Å². The second-order valence-electron chi connectivity index (χ2n) is 6.86. The highest BCUT2D eigenvalue weighted by Gasteiger charge is 2.51. The minimum atomic E-state index is -1.56. The molecule has 0 unspecified atom stereocenters. The zero-order valence-corrected chi connectivity index (χ0v) is 15.9. The van der Waals surface area contributed by atoms with Crippen LogP contribution in [0.4, 0.5) is 0 Å². The third-order valence-electron chi connectivity index (χ3n) is 4.74. The van der Waals surface area contributed by atoms with Crippen molar-refractivity contribution in [2.45, 2.75) is 68.3 Å². The Labute approximate surface area is 167 Å². The van der Waals surface area contributed by atoms with Gasteiger partial charge in [-0.1, -0.05) is 6.08 Å². The van der Waals surface area contributed by atoms with E-state index in [0.717, 1.165) is 0 Å². The maximum atomic E-state index is 11.5. The first-order valence-electron chi connectivity index (χ1n) is 9.15. The zero-order valence-electron chi connectivity index (χ0n) is 15.9. The highest BCUT2D eigenvalue weighted by Crippen LogP contribution is 2.29. The van der Waals surface area contributed by atoms with Crippen LogP contribution in [0.15, 0.2) is 12.7 Å². The van der Waals surface area contributed by atoms with E-state index in [9.17, 15) is 35.4 Å². The fraction of sp³-hybridized carbons (Fsp3) is 0.824. The van der Waals surface area contributed by atoms with Crippen LogP contribution in [0.2, 0.25) is 0 Å². The first kappa shape index (κ1) is 24.1. The van der Waals surface area contributed by atoms with Crippen molar-refractivity contribution in [1.29, 1.82) is 0 Å². The minimum absolute atomic E-state index is 0.00856. The number of aliphatic hydroxyl groups is 6. The lowest BCUT2D eigenvalue weighted by Gasteiger charge is -2.47. The van der Waals surface area contributed by atoms with Crippen LogP contribution in [0.5, 0.6) is 0 Å². The Morgan fingerprint density at radius 2 is 1.59 bits per heavy atom. The van der Waals surface area contributed by atoms with Crippen molar-refractivity contribution in [3.05, 3.63) is 12.7 Å². The first-order chi connectivity index (χ1) is 13.7. The van der Waals surface area contributed by atoms with Gasteiger partial charge in [0.1, 0.15) is 48.8 Å². The summed E-state index contributed by atoms with van der Waals surface area (Å²) in [7, 11) is 0. The van der Waals surface area contributed by atoms with Crippen LogP contribution in [0.3, 0.4) is 0 Å². The number of aliphatic hydroxyl groups excluding tert-OH is 6. The van der Waals surface area contributed by atoms with E-state index in [2.05, 4.69) is 11.9 Å². The molecular formula is C17H29NO11. The van der Waals surface area contributed by atoms with Crippen molar-refractivity contribution in [2.24, 2.45) is 0 Å². The number of hydrogen-bond acceptors (Lipinski definition) is 11. The Bertz CT molecular complexity index is 549. The molecule has 2 heterocycles. The lowest BCUT2D eigenvalue weighted by molar-refractivity contribution is -0.346. The van der Waals surface area contributed by atoms with Gasteiger partial charge in [-0.05, 0) is 0 Å². The summed E-state index contributed by atoms with van der Waals surface area (Å²) in [4.78, 5) is 11.5.